The first-order valence-electron chi connectivity index (χ1n) is 5.82. The Morgan fingerprint density at radius 1 is 1.37 bits per heavy atom. The number of methoxy groups -OCH3 is 1. The summed E-state index contributed by atoms with van der Waals surface area (Å²) in [6, 6.07) is 6.88. The highest BCUT2D eigenvalue weighted by Gasteiger charge is 2.09. The van der Waals surface area contributed by atoms with E-state index in [0.29, 0.717) is 23.6 Å². The van der Waals surface area contributed by atoms with Crippen LogP contribution in [0.1, 0.15) is 15.9 Å². The normalized spacial score (nSPS) is 10.2. The van der Waals surface area contributed by atoms with E-state index >= 15 is 0 Å². The largest absolute Gasteiger partial charge is 0.495 e. The Kier molecular flexibility index (Phi) is 4.41. The molecule has 2 rings (SSSR count). The van der Waals surface area contributed by atoms with E-state index in [-0.39, 0.29) is 5.97 Å². The molecule has 0 saturated heterocycles. The molecule has 0 radical (unpaired) electrons. The molecule has 2 aromatic rings. The fourth-order valence-electron chi connectivity index (χ4n) is 1.64. The minimum Gasteiger partial charge on any atom is -0.495 e. The van der Waals surface area contributed by atoms with Gasteiger partial charge in [0.1, 0.15) is 5.75 Å². The van der Waals surface area contributed by atoms with Crippen LogP contribution in [0.15, 0.2) is 35.0 Å². The van der Waals surface area contributed by atoms with Crippen LogP contribution in [-0.4, -0.2) is 19.7 Å². The number of nitrogen functional groups attached to an aromatic ring is 1. The number of carbonyl (C=O) groups is 1. The minimum atomic E-state index is -0.371. The van der Waals surface area contributed by atoms with E-state index in [1.807, 2.05) is 16.8 Å². The number of anilines is 1. The van der Waals surface area contributed by atoms with Crippen LogP contribution in [0.5, 0.6) is 5.75 Å². The predicted molar refractivity (Wildman–Crippen MR) is 75.7 cm³/mol. The van der Waals surface area contributed by atoms with E-state index in [9.17, 15) is 4.79 Å². The van der Waals surface area contributed by atoms with Gasteiger partial charge in [0.25, 0.3) is 0 Å². The Morgan fingerprint density at radius 3 is 2.84 bits per heavy atom. The third kappa shape index (κ3) is 3.48. The van der Waals surface area contributed by atoms with E-state index in [4.69, 9.17) is 15.2 Å². The van der Waals surface area contributed by atoms with Gasteiger partial charge in [0.15, 0.2) is 0 Å². The van der Waals surface area contributed by atoms with Crippen molar-refractivity contribution in [3.8, 4) is 5.75 Å². The fraction of sp³-hybridized carbons (Fsp3) is 0.214. The zero-order valence-electron chi connectivity index (χ0n) is 10.6. The van der Waals surface area contributed by atoms with Crippen molar-refractivity contribution in [2.45, 2.75) is 6.42 Å². The Hall–Kier alpha value is -2.01. The number of benzene rings is 1. The summed E-state index contributed by atoms with van der Waals surface area (Å²) in [5.74, 6) is 0.180. The van der Waals surface area contributed by atoms with Crippen LogP contribution in [-0.2, 0) is 11.2 Å². The van der Waals surface area contributed by atoms with Crippen LogP contribution >= 0.6 is 11.3 Å². The van der Waals surface area contributed by atoms with Gasteiger partial charge in [-0.15, -0.1) is 0 Å². The molecule has 5 heteroatoms. The lowest BCUT2D eigenvalue weighted by Crippen LogP contribution is -2.08. The number of ether oxygens (including phenoxy) is 2. The predicted octanol–water partition coefficient (Wildman–Crippen LogP) is 2.74. The van der Waals surface area contributed by atoms with Crippen LogP contribution in [0.25, 0.3) is 0 Å². The van der Waals surface area contributed by atoms with Gasteiger partial charge in [0, 0.05) is 6.42 Å². The molecule has 0 saturated carbocycles. The highest BCUT2D eigenvalue weighted by molar-refractivity contribution is 7.07. The van der Waals surface area contributed by atoms with E-state index in [1.165, 1.54) is 12.7 Å². The zero-order valence-corrected chi connectivity index (χ0v) is 11.4. The maximum atomic E-state index is 11.8. The lowest BCUT2D eigenvalue weighted by atomic mass is 10.2. The third-order valence-electron chi connectivity index (χ3n) is 2.67. The first-order chi connectivity index (χ1) is 9.20. The third-order valence-corrected chi connectivity index (χ3v) is 3.40. The summed E-state index contributed by atoms with van der Waals surface area (Å²) in [7, 11) is 1.53. The molecular weight excluding hydrogens is 262 g/mol. The van der Waals surface area contributed by atoms with Crippen LogP contribution in [0.4, 0.5) is 5.69 Å². The van der Waals surface area contributed by atoms with Crippen molar-refractivity contribution in [1.29, 1.82) is 0 Å². The van der Waals surface area contributed by atoms with Gasteiger partial charge in [-0.2, -0.15) is 11.3 Å². The average Bonchev–Trinajstić information content (AvgIpc) is 2.91. The number of hydrogen-bond acceptors (Lipinski definition) is 5. The first-order valence-corrected chi connectivity index (χ1v) is 6.76. The summed E-state index contributed by atoms with van der Waals surface area (Å²) < 4.78 is 10.2. The molecule has 1 aromatic heterocycles. The van der Waals surface area contributed by atoms with Crippen molar-refractivity contribution in [1.82, 2.24) is 0 Å². The standard InChI is InChI=1S/C14H15NO3S/c1-17-13-3-2-11(8-12(13)15)14(16)18-6-4-10-5-7-19-9-10/h2-3,5,7-9H,4,6,15H2,1H3. The molecule has 19 heavy (non-hydrogen) atoms. The average molecular weight is 277 g/mol. The second kappa shape index (κ2) is 6.24. The van der Waals surface area contributed by atoms with Gasteiger partial charge < -0.3 is 15.2 Å². The highest BCUT2D eigenvalue weighted by Crippen LogP contribution is 2.22. The molecule has 100 valence electrons. The molecule has 2 N–H and O–H groups in total. The Morgan fingerprint density at radius 2 is 2.21 bits per heavy atom. The molecule has 0 fully saturated rings. The van der Waals surface area contributed by atoms with Crippen molar-refractivity contribution < 1.29 is 14.3 Å². The molecule has 0 aliphatic heterocycles. The molecule has 0 amide bonds. The molecule has 1 aromatic carbocycles. The van der Waals surface area contributed by atoms with Crippen molar-refractivity contribution in [3.63, 3.8) is 0 Å². The molecule has 0 bridgehead atoms. The van der Waals surface area contributed by atoms with Crippen molar-refractivity contribution in [2.24, 2.45) is 0 Å². The SMILES string of the molecule is COc1ccc(C(=O)OCCc2ccsc2)cc1N. The van der Waals surface area contributed by atoms with Crippen LogP contribution in [0.2, 0.25) is 0 Å². The van der Waals surface area contributed by atoms with E-state index in [1.54, 1.807) is 29.5 Å². The summed E-state index contributed by atoms with van der Waals surface area (Å²) in [6.45, 7) is 0.363. The van der Waals surface area contributed by atoms with Crippen molar-refractivity contribution in [2.75, 3.05) is 19.5 Å². The van der Waals surface area contributed by atoms with E-state index in [0.717, 1.165) is 6.42 Å². The molecule has 4 nitrogen and oxygen atoms in total. The molecule has 0 aliphatic carbocycles. The fourth-order valence-corrected chi connectivity index (χ4v) is 2.34. The molecule has 0 unspecified atom stereocenters. The molecule has 0 spiro atoms. The lowest BCUT2D eigenvalue weighted by molar-refractivity contribution is 0.0509. The zero-order chi connectivity index (χ0) is 13.7. The first kappa shape index (κ1) is 13.4. The minimum absolute atomic E-state index is 0.363. The number of carbonyl (C=O) groups excluding carboxylic acids is 1. The van der Waals surface area contributed by atoms with Gasteiger partial charge in [-0.05, 0) is 40.6 Å². The number of rotatable bonds is 5. The maximum Gasteiger partial charge on any atom is 0.338 e. The van der Waals surface area contributed by atoms with Crippen LogP contribution in [0.3, 0.4) is 0 Å². The van der Waals surface area contributed by atoms with Crippen molar-refractivity contribution >= 4 is 23.0 Å². The number of nitrogens with two attached hydrogens (primary N) is 1. The van der Waals surface area contributed by atoms with Gasteiger partial charge in [-0.3, -0.25) is 0 Å². The number of hydrogen-bond donors (Lipinski definition) is 1. The van der Waals surface area contributed by atoms with Gasteiger partial charge in [-0.1, -0.05) is 0 Å². The Bertz CT molecular complexity index is 552. The second-order valence-corrected chi connectivity index (χ2v) is 4.75. The van der Waals surface area contributed by atoms with Crippen LogP contribution < -0.4 is 10.5 Å². The Balaban J connectivity index is 1.91. The quantitative estimate of drug-likeness (QED) is 0.674. The summed E-state index contributed by atoms with van der Waals surface area (Å²) in [5, 5.41) is 4.04. The summed E-state index contributed by atoms with van der Waals surface area (Å²) >= 11 is 1.63. The van der Waals surface area contributed by atoms with E-state index < -0.39 is 0 Å². The van der Waals surface area contributed by atoms with Gasteiger partial charge in [-0.25, -0.2) is 4.79 Å². The monoisotopic (exact) mass is 277 g/mol. The summed E-state index contributed by atoms with van der Waals surface area (Å²) in [5.41, 5.74) is 7.78. The smallest absolute Gasteiger partial charge is 0.338 e. The Labute approximate surface area is 115 Å². The molecule has 0 aliphatic rings. The van der Waals surface area contributed by atoms with Crippen LogP contribution in [0, 0.1) is 0 Å². The summed E-state index contributed by atoms with van der Waals surface area (Å²) in [4.78, 5) is 11.8. The number of esters is 1. The van der Waals surface area contributed by atoms with Gasteiger partial charge in [0.05, 0.1) is 25.0 Å². The van der Waals surface area contributed by atoms with Crippen molar-refractivity contribution in [3.05, 3.63) is 46.2 Å². The topological polar surface area (TPSA) is 61.5 Å². The van der Waals surface area contributed by atoms with E-state index in [2.05, 4.69) is 0 Å². The maximum absolute atomic E-state index is 11.8. The second-order valence-electron chi connectivity index (χ2n) is 3.97. The van der Waals surface area contributed by atoms with Gasteiger partial charge >= 0.3 is 5.97 Å². The highest BCUT2D eigenvalue weighted by atomic mass is 32.1. The van der Waals surface area contributed by atoms with Gasteiger partial charge in [0.2, 0.25) is 0 Å². The lowest BCUT2D eigenvalue weighted by Gasteiger charge is -2.07. The molecule has 1 heterocycles. The number of thiophene rings is 1. The molecular formula is C14H15NO3S. The molecule has 0 atom stereocenters. The summed E-state index contributed by atoms with van der Waals surface area (Å²) in [6.07, 6.45) is 0.723.